The molecule has 2 aromatic rings. The van der Waals surface area contributed by atoms with Gasteiger partial charge in [-0.1, -0.05) is 17.7 Å². The van der Waals surface area contributed by atoms with E-state index in [1.807, 2.05) is 19.9 Å². The number of rotatable bonds is 4. The fraction of sp³-hybridized carbons (Fsp3) is 0.263. The van der Waals surface area contributed by atoms with Crippen LogP contribution in [0.4, 0.5) is 24.5 Å². The van der Waals surface area contributed by atoms with Crippen LogP contribution in [0.2, 0.25) is 5.02 Å². The highest BCUT2D eigenvalue weighted by Gasteiger charge is 2.34. The summed E-state index contributed by atoms with van der Waals surface area (Å²) in [6, 6.07) is 8.40. The third kappa shape index (κ3) is 5.23. The van der Waals surface area contributed by atoms with Gasteiger partial charge in [0.25, 0.3) is 0 Å². The molecule has 2 amide bonds. The van der Waals surface area contributed by atoms with Gasteiger partial charge in [-0.15, -0.1) is 0 Å². The molecular weight excluding hydrogens is 381 g/mol. The van der Waals surface area contributed by atoms with Gasteiger partial charge in [0.1, 0.15) is 6.54 Å². The predicted octanol–water partition coefficient (Wildman–Crippen LogP) is 4.97. The van der Waals surface area contributed by atoms with Crippen molar-refractivity contribution in [1.29, 1.82) is 0 Å². The number of alkyl halides is 3. The van der Waals surface area contributed by atoms with E-state index in [1.165, 1.54) is 13.0 Å². The average Bonchev–Trinajstić information content (AvgIpc) is 2.55. The molecule has 0 radical (unpaired) electrons. The monoisotopic (exact) mass is 398 g/mol. The molecule has 8 heteroatoms. The van der Waals surface area contributed by atoms with Crippen LogP contribution in [0.25, 0.3) is 0 Å². The fourth-order valence-electron chi connectivity index (χ4n) is 2.45. The minimum absolute atomic E-state index is 0.0607. The molecule has 0 spiro atoms. The van der Waals surface area contributed by atoms with E-state index in [2.05, 4.69) is 5.32 Å². The summed E-state index contributed by atoms with van der Waals surface area (Å²) in [6.45, 7) is 4.56. The van der Waals surface area contributed by atoms with Gasteiger partial charge in [0.15, 0.2) is 0 Å². The van der Waals surface area contributed by atoms with Crippen molar-refractivity contribution in [3.8, 4) is 0 Å². The van der Waals surface area contributed by atoms with Crippen molar-refractivity contribution in [3.05, 3.63) is 58.1 Å². The van der Waals surface area contributed by atoms with Gasteiger partial charge in [-0.2, -0.15) is 13.2 Å². The Kier molecular flexibility index (Phi) is 6.15. The van der Waals surface area contributed by atoms with Crippen LogP contribution in [0.1, 0.15) is 23.6 Å². The summed E-state index contributed by atoms with van der Waals surface area (Å²) >= 11 is 5.60. The largest absolute Gasteiger partial charge is 0.417 e. The van der Waals surface area contributed by atoms with Crippen molar-refractivity contribution in [2.45, 2.75) is 26.9 Å². The molecule has 0 saturated heterocycles. The minimum atomic E-state index is -4.67. The van der Waals surface area contributed by atoms with E-state index in [4.69, 9.17) is 11.6 Å². The first-order valence-electron chi connectivity index (χ1n) is 8.01. The molecule has 4 nitrogen and oxygen atoms in total. The number of halogens is 4. The van der Waals surface area contributed by atoms with Crippen molar-refractivity contribution in [1.82, 2.24) is 0 Å². The number of nitrogens with one attached hydrogen (secondary N) is 1. The summed E-state index contributed by atoms with van der Waals surface area (Å²) in [5.74, 6) is -1.10. The number of nitrogens with zero attached hydrogens (tertiary/aromatic N) is 1. The lowest BCUT2D eigenvalue weighted by Crippen LogP contribution is -2.36. The zero-order valence-corrected chi connectivity index (χ0v) is 15.7. The number of amides is 2. The smallest absolute Gasteiger partial charge is 0.325 e. The molecule has 1 N–H and O–H groups in total. The van der Waals surface area contributed by atoms with Gasteiger partial charge < -0.3 is 10.2 Å². The Morgan fingerprint density at radius 3 is 2.30 bits per heavy atom. The van der Waals surface area contributed by atoms with Crippen LogP contribution >= 0.6 is 11.6 Å². The third-order valence-electron chi connectivity index (χ3n) is 4.04. The first kappa shape index (κ1) is 20.8. The molecule has 0 atom stereocenters. The van der Waals surface area contributed by atoms with Gasteiger partial charge >= 0.3 is 6.18 Å². The average molecular weight is 399 g/mol. The highest BCUT2D eigenvalue weighted by molar-refractivity contribution is 6.31. The number of benzene rings is 2. The van der Waals surface area contributed by atoms with Gasteiger partial charge in [0, 0.05) is 18.3 Å². The van der Waals surface area contributed by atoms with E-state index in [1.54, 1.807) is 12.1 Å². The lowest BCUT2D eigenvalue weighted by Gasteiger charge is -2.22. The van der Waals surface area contributed by atoms with E-state index in [-0.39, 0.29) is 5.69 Å². The molecular formula is C19H18ClF3N2O2. The SMILES string of the molecule is CC(=O)N(CC(=O)Nc1ccc(C)c(C)c1)c1ccc(Cl)c(C(F)(F)F)c1. The van der Waals surface area contributed by atoms with Crippen LogP contribution in [0.5, 0.6) is 0 Å². The highest BCUT2D eigenvalue weighted by atomic mass is 35.5. The minimum Gasteiger partial charge on any atom is -0.325 e. The van der Waals surface area contributed by atoms with Crippen LogP contribution in [0.3, 0.4) is 0 Å². The maximum Gasteiger partial charge on any atom is 0.417 e. The molecule has 0 aromatic heterocycles. The Labute approximate surface area is 159 Å². The van der Waals surface area contributed by atoms with E-state index in [0.29, 0.717) is 5.69 Å². The lowest BCUT2D eigenvalue weighted by molar-refractivity contribution is -0.137. The summed E-state index contributed by atoms with van der Waals surface area (Å²) in [7, 11) is 0. The zero-order chi connectivity index (χ0) is 20.4. The van der Waals surface area contributed by atoms with Crippen LogP contribution in [0.15, 0.2) is 36.4 Å². The van der Waals surface area contributed by atoms with Gasteiger partial charge in [-0.25, -0.2) is 0 Å². The molecule has 2 rings (SSSR count). The standard InChI is InChI=1S/C19H18ClF3N2O2/c1-11-4-5-14(8-12(11)2)24-18(27)10-25(13(3)26)15-6-7-17(20)16(9-15)19(21,22)23/h4-9H,10H2,1-3H3,(H,24,27). The van der Waals surface area contributed by atoms with Crippen molar-refractivity contribution in [2.24, 2.45) is 0 Å². The number of carbonyl (C=O) groups is 2. The van der Waals surface area contributed by atoms with Gasteiger partial charge in [0.2, 0.25) is 11.8 Å². The molecule has 2 aromatic carbocycles. The first-order chi connectivity index (χ1) is 12.5. The van der Waals surface area contributed by atoms with Gasteiger partial charge in [-0.3, -0.25) is 9.59 Å². The Morgan fingerprint density at radius 2 is 1.74 bits per heavy atom. The molecule has 0 unspecified atom stereocenters. The molecule has 0 aliphatic heterocycles. The van der Waals surface area contributed by atoms with Crippen LogP contribution < -0.4 is 10.2 Å². The second-order valence-electron chi connectivity index (χ2n) is 6.11. The van der Waals surface area contributed by atoms with Crippen molar-refractivity contribution < 1.29 is 22.8 Å². The highest BCUT2D eigenvalue weighted by Crippen LogP contribution is 2.37. The lowest BCUT2D eigenvalue weighted by atomic mass is 10.1. The normalized spacial score (nSPS) is 11.2. The van der Waals surface area contributed by atoms with Crippen LogP contribution in [-0.4, -0.2) is 18.4 Å². The summed E-state index contributed by atoms with van der Waals surface area (Å²) in [5.41, 5.74) is 1.44. The number of anilines is 2. The molecule has 144 valence electrons. The summed E-state index contributed by atoms with van der Waals surface area (Å²) < 4.78 is 39.1. The maximum absolute atomic E-state index is 13.0. The predicted molar refractivity (Wildman–Crippen MR) is 99.0 cm³/mol. The summed E-state index contributed by atoms with van der Waals surface area (Å²) in [5, 5.41) is 2.16. The van der Waals surface area contributed by atoms with E-state index in [9.17, 15) is 22.8 Å². The summed E-state index contributed by atoms with van der Waals surface area (Å²) in [6.07, 6.45) is -4.67. The summed E-state index contributed by atoms with van der Waals surface area (Å²) in [4.78, 5) is 25.2. The van der Waals surface area contributed by atoms with Crippen molar-refractivity contribution >= 4 is 34.8 Å². The molecule has 0 aliphatic rings. The van der Waals surface area contributed by atoms with Gasteiger partial charge in [0.05, 0.1) is 10.6 Å². The Balaban J connectivity index is 2.24. The second kappa shape index (κ2) is 8.00. The van der Waals surface area contributed by atoms with Crippen LogP contribution in [-0.2, 0) is 15.8 Å². The number of aryl methyl sites for hydroxylation is 2. The Hall–Kier alpha value is -2.54. The quantitative estimate of drug-likeness (QED) is 0.790. The van der Waals surface area contributed by atoms with E-state index < -0.39 is 35.1 Å². The zero-order valence-electron chi connectivity index (χ0n) is 14.9. The number of hydrogen-bond donors (Lipinski definition) is 1. The maximum atomic E-state index is 13.0. The number of hydrogen-bond acceptors (Lipinski definition) is 2. The molecule has 0 saturated carbocycles. The molecule has 0 aliphatic carbocycles. The van der Waals surface area contributed by atoms with Crippen LogP contribution in [0, 0.1) is 13.8 Å². The first-order valence-corrected chi connectivity index (χ1v) is 8.39. The molecule has 0 bridgehead atoms. The van der Waals surface area contributed by atoms with Gasteiger partial charge in [-0.05, 0) is 55.3 Å². The van der Waals surface area contributed by atoms with Crippen molar-refractivity contribution in [2.75, 3.05) is 16.8 Å². The third-order valence-corrected chi connectivity index (χ3v) is 4.37. The Morgan fingerprint density at radius 1 is 1.07 bits per heavy atom. The molecule has 0 fully saturated rings. The fourth-order valence-corrected chi connectivity index (χ4v) is 2.67. The number of carbonyl (C=O) groups excluding carboxylic acids is 2. The second-order valence-corrected chi connectivity index (χ2v) is 6.52. The Bertz CT molecular complexity index is 882. The van der Waals surface area contributed by atoms with Crippen molar-refractivity contribution in [3.63, 3.8) is 0 Å². The van der Waals surface area contributed by atoms with E-state index in [0.717, 1.165) is 28.2 Å². The molecule has 27 heavy (non-hydrogen) atoms. The van der Waals surface area contributed by atoms with E-state index >= 15 is 0 Å². The molecule has 0 heterocycles. The topological polar surface area (TPSA) is 49.4 Å².